The Morgan fingerprint density at radius 2 is 2.21 bits per heavy atom. The third-order valence-electron chi connectivity index (χ3n) is 4.21. The molecule has 1 saturated heterocycles. The monoisotopic (exact) mass is 346 g/mol. The van der Waals surface area contributed by atoms with Crippen LogP contribution in [0.3, 0.4) is 0 Å². The van der Waals surface area contributed by atoms with E-state index in [2.05, 4.69) is 26.5 Å². The number of nitrogens with zero attached hydrogens (tertiary/aromatic N) is 3. The van der Waals surface area contributed by atoms with E-state index in [0.29, 0.717) is 11.3 Å². The van der Waals surface area contributed by atoms with Crippen LogP contribution in [-0.2, 0) is 6.42 Å². The molecule has 2 aromatic rings. The molecule has 0 saturated carbocycles. The van der Waals surface area contributed by atoms with Crippen molar-refractivity contribution in [2.45, 2.75) is 32.2 Å². The van der Waals surface area contributed by atoms with E-state index < -0.39 is 0 Å². The van der Waals surface area contributed by atoms with Crippen molar-refractivity contribution in [3.63, 3.8) is 0 Å². The van der Waals surface area contributed by atoms with Crippen molar-refractivity contribution in [2.75, 3.05) is 25.1 Å². The zero-order valence-electron chi connectivity index (χ0n) is 14.0. The van der Waals surface area contributed by atoms with Crippen molar-refractivity contribution in [3.8, 4) is 5.75 Å². The fraction of sp³-hybridized carbons (Fsp3) is 0.471. The highest BCUT2D eigenvalue weighted by molar-refractivity contribution is 7.09. The number of hydrogen-bond donors (Lipinski definition) is 1. The fourth-order valence-electron chi connectivity index (χ4n) is 2.76. The topological polar surface area (TPSA) is 67.4 Å². The zero-order chi connectivity index (χ0) is 16.9. The molecule has 1 amide bonds. The Labute approximate surface area is 146 Å². The number of carbonyl (C=O) groups excluding carboxylic acids is 1. The maximum absolute atomic E-state index is 12.4. The van der Waals surface area contributed by atoms with Gasteiger partial charge in [0.1, 0.15) is 11.6 Å². The molecule has 128 valence electrons. The number of hydrogen-bond acceptors (Lipinski definition) is 6. The molecular formula is C17H22N4O2S. The average Bonchev–Trinajstić information content (AvgIpc) is 3.11. The standard InChI is InChI=1S/C17H22N4O2S/c1-3-15-19-17(24-20-15)21-9-7-13(8-10-21)18-16(22)12-5-4-6-14(11-12)23-2/h4-6,11,13H,3,7-10H2,1-2H3,(H,18,22). The number of piperidine rings is 1. The summed E-state index contributed by atoms with van der Waals surface area (Å²) in [7, 11) is 1.60. The highest BCUT2D eigenvalue weighted by atomic mass is 32.1. The lowest BCUT2D eigenvalue weighted by atomic mass is 10.0. The van der Waals surface area contributed by atoms with Crippen molar-refractivity contribution >= 4 is 22.6 Å². The third kappa shape index (κ3) is 3.84. The normalized spacial score (nSPS) is 15.3. The molecule has 0 atom stereocenters. The summed E-state index contributed by atoms with van der Waals surface area (Å²) in [5.41, 5.74) is 0.633. The summed E-state index contributed by atoms with van der Waals surface area (Å²) in [6.07, 6.45) is 2.69. The van der Waals surface area contributed by atoms with Crippen molar-refractivity contribution in [3.05, 3.63) is 35.7 Å². The van der Waals surface area contributed by atoms with E-state index in [4.69, 9.17) is 4.74 Å². The Hall–Kier alpha value is -2.15. The van der Waals surface area contributed by atoms with Gasteiger partial charge in [-0.25, -0.2) is 4.98 Å². The van der Waals surface area contributed by atoms with Gasteiger partial charge in [-0.3, -0.25) is 4.79 Å². The number of aromatic nitrogens is 2. The number of methoxy groups -OCH3 is 1. The number of anilines is 1. The molecule has 0 unspecified atom stereocenters. The molecule has 1 aromatic heterocycles. The predicted molar refractivity (Wildman–Crippen MR) is 95.0 cm³/mol. The molecule has 7 heteroatoms. The first-order valence-corrected chi connectivity index (χ1v) is 8.99. The van der Waals surface area contributed by atoms with Gasteiger partial charge in [0.2, 0.25) is 5.13 Å². The lowest BCUT2D eigenvalue weighted by molar-refractivity contribution is 0.0931. The van der Waals surface area contributed by atoms with Crippen molar-refractivity contribution < 1.29 is 9.53 Å². The van der Waals surface area contributed by atoms with Crippen molar-refractivity contribution in [1.29, 1.82) is 0 Å². The maximum atomic E-state index is 12.4. The zero-order valence-corrected chi connectivity index (χ0v) is 14.8. The van der Waals surface area contributed by atoms with Gasteiger partial charge >= 0.3 is 0 Å². The molecule has 6 nitrogen and oxygen atoms in total. The number of ether oxygens (including phenoxy) is 1. The predicted octanol–water partition coefficient (Wildman–Crippen LogP) is 2.51. The lowest BCUT2D eigenvalue weighted by Gasteiger charge is -2.31. The molecule has 1 fully saturated rings. The van der Waals surface area contributed by atoms with Crippen LogP contribution in [0.1, 0.15) is 35.9 Å². The Morgan fingerprint density at radius 1 is 1.42 bits per heavy atom. The Kier molecular flexibility index (Phi) is 5.30. The molecular weight excluding hydrogens is 324 g/mol. The van der Waals surface area contributed by atoms with Crippen LogP contribution in [-0.4, -0.2) is 41.5 Å². The molecule has 2 heterocycles. The van der Waals surface area contributed by atoms with Crippen LogP contribution in [0, 0.1) is 0 Å². The van der Waals surface area contributed by atoms with Crippen molar-refractivity contribution in [2.24, 2.45) is 0 Å². The highest BCUT2D eigenvalue weighted by Crippen LogP contribution is 2.22. The Balaban J connectivity index is 1.54. The molecule has 1 aromatic carbocycles. The maximum Gasteiger partial charge on any atom is 0.251 e. The van der Waals surface area contributed by atoms with Gasteiger partial charge in [0.15, 0.2) is 0 Å². The van der Waals surface area contributed by atoms with Gasteiger partial charge in [0, 0.05) is 42.6 Å². The first-order valence-electron chi connectivity index (χ1n) is 8.22. The number of amides is 1. The summed E-state index contributed by atoms with van der Waals surface area (Å²) in [4.78, 5) is 19.2. The van der Waals surface area contributed by atoms with Gasteiger partial charge in [0.25, 0.3) is 5.91 Å². The quantitative estimate of drug-likeness (QED) is 0.901. The second-order valence-electron chi connectivity index (χ2n) is 5.81. The molecule has 1 aliphatic heterocycles. The van der Waals surface area contributed by atoms with Crippen LogP contribution in [0.4, 0.5) is 5.13 Å². The summed E-state index contributed by atoms with van der Waals surface area (Å²) in [6, 6.07) is 7.43. The largest absolute Gasteiger partial charge is 0.497 e. The van der Waals surface area contributed by atoms with Crippen LogP contribution >= 0.6 is 11.5 Å². The molecule has 0 spiro atoms. The highest BCUT2D eigenvalue weighted by Gasteiger charge is 2.23. The molecule has 24 heavy (non-hydrogen) atoms. The van der Waals surface area contributed by atoms with Gasteiger partial charge < -0.3 is 15.0 Å². The number of benzene rings is 1. The van der Waals surface area contributed by atoms with E-state index in [1.54, 1.807) is 19.2 Å². The number of nitrogens with one attached hydrogen (secondary N) is 1. The summed E-state index contributed by atoms with van der Waals surface area (Å²) < 4.78 is 9.51. The van der Waals surface area contributed by atoms with Gasteiger partial charge in [-0.1, -0.05) is 13.0 Å². The summed E-state index contributed by atoms with van der Waals surface area (Å²) >= 11 is 1.46. The molecule has 0 aliphatic carbocycles. The lowest BCUT2D eigenvalue weighted by Crippen LogP contribution is -2.44. The average molecular weight is 346 g/mol. The van der Waals surface area contributed by atoms with Gasteiger partial charge in [-0.2, -0.15) is 4.37 Å². The van der Waals surface area contributed by atoms with E-state index in [9.17, 15) is 4.79 Å². The van der Waals surface area contributed by atoms with Gasteiger partial charge in [-0.05, 0) is 31.0 Å². The SMILES string of the molecule is CCc1nsc(N2CCC(NC(=O)c3cccc(OC)c3)CC2)n1. The Bertz CT molecular complexity index is 695. The van der Waals surface area contributed by atoms with Crippen LogP contribution in [0.25, 0.3) is 0 Å². The first kappa shape index (κ1) is 16.7. The minimum Gasteiger partial charge on any atom is -0.497 e. The second-order valence-corrected chi connectivity index (χ2v) is 6.54. The molecule has 0 bridgehead atoms. The van der Waals surface area contributed by atoms with Crippen molar-refractivity contribution in [1.82, 2.24) is 14.7 Å². The van der Waals surface area contributed by atoms with E-state index in [1.807, 2.05) is 12.1 Å². The number of carbonyl (C=O) groups is 1. The fourth-order valence-corrected chi connectivity index (χ4v) is 3.57. The third-order valence-corrected chi connectivity index (χ3v) is 5.02. The molecule has 0 radical (unpaired) electrons. The first-order chi connectivity index (χ1) is 11.7. The Morgan fingerprint density at radius 3 is 2.88 bits per heavy atom. The summed E-state index contributed by atoms with van der Waals surface area (Å²) in [5, 5.41) is 4.11. The van der Waals surface area contributed by atoms with Gasteiger partial charge in [0.05, 0.1) is 7.11 Å². The second kappa shape index (κ2) is 7.61. The van der Waals surface area contributed by atoms with Crippen LogP contribution in [0.5, 0.6) is 5.75 Å². The smallest absolute Gasteiger partial charge is 0.251 e. The van der Waals surface area contributed by atoms with Crippen LogP contribution < -0.4 is 15.0 Å². The summed E-state index contributed by atoms with van der Waals surface area (Å²) in [5.74, 6) is 1.56. The number of rotatable bonds is 5. The minimum absolute atomic E-state index is 0.0449. The van der Waals surface area contributed by atoms with E-state index in [0.717, 1.165) is 43.3 Å². The molecule has 1 N–H and O–H groups in total. The van der Waals surface area contributed by atoms with Gasteiger partial charge in [-0.15, -0.1) is 0 Å². The van der Waals surface area contributed by atoms with Crippen LogP contribution in [0.2, 0.25) is 0 Å². The van der Waals surface area contributed by atoms with E-state index >= 15 is 0 Å². The van der Waals surface area contributed by atoms with E-state index in [1.165, 1.54) is 11.5 Å². The molecule has 1 aliphatic rings. The molecule has 3 rings (SSSR count). The minimum atomic E-state index is -0.0449. The van der Waals surface area contributed by atoms with E-state index in [-0.39, 0.29) is 11.9 Å². The van der Waals surface area contributed by atoms with Crippen LogP contribution in [0.15, 0.2) is 24.3 Å². The number of aryl methyl sites for hydroxylation is 1. The summed E-state index contributed by atoms with van der Waals surface area (Å²) in [6.45, 7) is 3.84.